The summed E-state index contributed by atoms with van der Waals surface area (Å²) in [6.07, 6.45) is 4.45. The zero-order chi connectivity index (χ0) is 12.3. The summed E-state index contributed by atoms with van der Waals surface area (Å²) < 4.78 is 0. The van der Waals surface area contributed by atoms with E-state index in [1.807, 2.05) is 4.90 Å². The lowest BCUT2D eigenvalue weighted by Crippen LogP contribution is -2.43. The number of amides is 1. The molecule has 1 atom stereocenters. The van der Waals surface area contributed by atoms with Crippen LogP contribution in [0.2, 0.25) is 0 Å². The van der Waals surface area contributed by atoms with E-state index in [2.05, 4.69) is 6.92 Å². The van der Waals surface area contributed by atoms with Crippen LogP contribution >= 0.6 is 0 Å². The van der Waals surface area contributed by atoms with Gasteiger partial charge in [0, 0.05) is 18.2 Å². The number of phenolic OH excluding ortho intramolecular Hbond substituents is 1. The van der Waals surface area contributed by atoms with Crippen LogP contribution in [-0.2, 0) is 0 Å². The topological polar surface area (TPSA) is 40.5 Å². The summed E-state index contributed by atoms with van der Waals surface area (Å²) in [5, 5.41) is 9.22. The summed E-state index contributed by atoms with van der Waals surface area (Å²) in [6.45, 7) is 2.99. The molecular weight excluding hydrogens is 214 g/mol. The maximum atomic E-state index is 12.3. The Morgan fingerprint density at radius 2 is 2.06 bits per heavy atom. The van der Waals surface area contributed by atoms with Gasteiger partial charge in [0.1, 0.15) is 5.75 Å². The minimum absolute atomic E-state index is 0.0940. The van der Waals surface area contributed by atoms with Crippen LogP contribution in [0.25, 0.3) is 0 Å². The van der Waals surface area contributed by atoms with Crippen LogP contribution in [0.5, 0.6) is 5.75 Å². The monoisotopic (exact) mass is 233 g/mol. The number of carbonyl (C=O) groups is 1. The van der Waals surface area contributed by atoms with Crippen molar-refractivity contribution in [2.24, 2.45) is 0 Å². The quantitative estimate of drug-likeness (QED) is 0.853. The SMILES string of the molecule is CCC1CCCCN1C(=O)c1ccc(O)cc1. The normalized spacial score (nSPS) is 20.3. The molecule has 3 heteroatoms. The predicted molar refractivity (Wildman–Crippen MR) is 67.1 cm³/mol. The highest BCUT2D eigenvalue weighted by Gasteiger charge is 2.25. The number of hydrogen-bond donors (Lipinski definition) is 1. The van der Waals surface area contributed by atoms with E-state index in [9.17, 15) is 9.90 Å². The zero-order valence-electron chi connectivity index (χ0n) is 10.2. The molecule has 92 valence electrons. The van der Waals surface area contributed by atoms with Gasteiger partial charge in [-0.25, -0.2) is 0 Å². The first-order chi connectivity index (χ1) is 8.22. The molecule has 17 heavy (non-hydrogen) atoms. The lowest BCUT2D eigenvalue weighted by Gasteiger charge is -2.35. The third-order valence-electron chi connectivity index (χ3n) is 3.47. The van der Waals surface area contributed by atoms with E-state index in [4.69, 9.17) is 0 Å². The molecule has 1 unspecified atom stereocenters. The summed E-state index contributed by atoms with van der Waals surface area (Å²) in [7, 11) is 0. The Bertz CT molecular complexity index is 386. The van der Waals surface area contributed by atoms with Crippen molar-refractivity contribution in [1.29, 1.82) is 0 Å². The largest absolute Gasteiger partial charge is 0.508 e. The van der Waals surface area contributed by atoms with Gasteiger partial charge >= 0.3 is 0 Å². The van der Waals surface area contributed by atoms with Gasteiger partial charge in [-0.2, -0.15) is 0 Å². The fourth-order valence-corrected chi connectivity index (χ4v) is 2.46. The molecule has 1 aromatic carbocycles. The highest BCUT2D eigenvalue weighted by Crippen LogP contribution is 2.22. The second-order valence-electron chi connectivity index (χ2n) is 4.60. The number of nitrogens with zero attached hydrogens (tertiary/aromatic N) is 1. The molecule has 1 fully saturated rings. The Morgan fingerprint density at radius 3 is 2.71 bits per heavy atom. The summed E-state index contributed by atoms with van der Waals surface area (Å²) in [4.78, 5) is 14.3. The molecule has 0 bridgehead atoms. The third-order valence-corrected chi connectivity index (χ3v) is 3.47. The van der Waals surface area contributed by atoms with Crippen molar-refractivity contribution in [3.05, 3.63) is 29.8 Å². The Balaban J connectivity index is 2.15. The number of piperidine rings is 1. The minimum Gasteiger partial charge on any atom is -0.508 e. The Kier molecular flexibility index (Phi) is 3.67. The number of phenols is 1. The van der Waals surface area contributed by atoms with Crippen molar-refractivity contribution >= 4 is 5.91 Å². The van der Waals surface area contributed by atoms with Crippen molar-refractivity contribution in [2.75, 3.05) is 6.54 Å². The van der Waals surface area contributed by atoms with Gasteiger partial charge in [-0.1, -0.05) is 6.92 Å². The van der Waals surface area contributed by atoms with Crippen LogP contribution in [0.3, 0.4) is 0 Å². The number of rotatable bonds is 2. The Hall–Kier alpha value is -1.51. The summed E-state index contributed by atoms with van der Waals surface area (Å²) in [6, 6.07) is 6.90. The average Bonchev–Trinajstić information content (AvgIpc) is 2.39. The number of carbonyl (C=O) groups excluding carboxylic acids is 1. The van der Waals surface area contributed by atoms with Crippen LogP contribution in [0.15, 0.2) is 24.3 Å². The molecule has 0 radical (unpaired) electrons. The summed E-state index contributed by atoms with van der Waals surface area (Å²) in [5.74, 6) is 0.295. The van der Waals surface area contributed by atoms with Crippen LogP contribution in [-0.4, -0.2) is 28.5 Å². The van der Waals surface area contributed by atoms with E-state index >= 15 is 0 Å². The van der Waals surface area contributed by atoms with Crippen molar-refractivity contribution < 1.29 is 9.90 Å². The number of benzene rings is 1. The van der Waals surface area contributed by atoms with Gasteiger partial charge in [0.15, 0.2) is 0 Å². The molecule has 0 aliphatic carbocycles. The fraction of sp³-hybridized carbons (Fsp3) is 0.500. The van der Waals surface area contributed by atoms with Crippen molar-refractivity contribution in [3.8, 4) is 5.75 Å². The molecule has 1 amide bonds. The van der Waals surface area contributed by atoms with Crippen molar-refractivity contribution in [3.63, 3.8) is 0 Å². The Labute approximate surface area is 102 Å². The molecule has 1 heterocycles. The molecule has 1 aliphatic rings. The van der Waals surface area contributed by atoms with Gasteiger partial charge in [-0.05, 0) is 49.9 Å². The van der Waals surface area contributed by atoms with E-state index in [0.717, 1.165) is 25.8 Å². The zero-order valence-corrected chi connectivity index (χ0v) is 10.2. The van der Waals surface area contributed by atoms with Gasteiger partial charge in [-0.15, -0.1) is 0 Å². The molecule has 1 saturated heterocycles. The molecule has 1 aliphatic heterocycles. The van der Waals surface area contributed by atoms with Gasteiger partial charge in [0.05, 0.1) is 0 Å². The third kappa shape index (κ3) is 2.60. The first-order valence-electron chi connectivity index (χ1n) is 6.32. The molecule has 2 rings (SSSR count). The molecular formula is C14H19NO2. The molecule has 0 saturated carbocycles. The molecule has 1 N–H and O–H groups in total. The second kappa shape index (κ2) is 5.21. The molecule has 0 spiro atoms. The van der Waals surface area contributed by atoms with Crippen molar-refractivity contribution in [2.45, 2.75) is 38.6 Å². The van der Waals surface area contributed by atoms with E-state index in [-0.39, 0.29) is 11.7 Å². The summed E-state index contributed by atoms with van der Waals surface area (Å²) in [5.41, 5.74) is 0.670. The number of aromatic hydroxyl groups is 1. The minimum atomic E-state index is 0.0940. The average molecular weight is 233 g/mol. The fourth-order valence-electron chi connectivity index (χ4n) is 2.46. The highest BCUT2D eigenvalue weighted by molar-refractivity contribution is 5.94. The van der Waals surface area contributed by atoms with Crippen LogP contribution < -0.4 is 0 Å². The maximum Gasteiger partial charge on any atom is 0.254 e. The predicted octanol–water partition coefficient (Wildman–Crippen LogP) is 2.80. The lowest BCUT2D eigenvalue weighted by atomic mass is 9.99. The van der Waals surface area contributed by atoms with E-state index < -0.39 is 0 Å². The Morgan fingerprint density at radius 1 is 1.35 bits per heavy atom. The van der Waals surface area contributed by atoms with Gasteiger partial charge in [0.25, 0.3) is 5.91 Å². The van der Waals surface area contributed by atoms with Gasteiger partial charge in [0.2, 0.25) is 0 Å². The van der Waals surface area contributed by atoms with Crippen LogP contribution in [0, 0.1) is 0 Å². The highest BCUT2D eigenvalue weighted by atomic mass is 16.3. The second-order valence-corrected chi connectivity index (χ2v) is 4.60. The molecule has 3 nitrogen and oxygen atoms in total. The smallest absolute Gasteiger partial charge is 0.254 e. The lowest BCUT2D eigenvalue weighted by molar-refractivity contribution is 0.0608. The van der Waals surface area contributed by atoms with Gasteiger partial charge < -0.3 is 10.0 Å². The molecule has 0 aromatic heterocycles. The van der Waals surface area contributed by atoms with Crippen LogP contribution in [0.1, 0.15) is 43.0 Å². The van der Waals surface area contributed by atoms with Crippen molar-refractivity contribution in [1.82, 2.24) is 4.90 Å². The van der Waals surface area contributed by atoms with Crippen LogP contribution in [0.4, 0.5) is 0 Å². The summed E-state index contributed by atoms with van der Waals surface area (Å²) >= 11 is 0. The number of likely N-dealkylation sites (tertiary alicyclic amines) is 1. The molecule has 1 aromatic rings. The number of hydrogen-bond acceptors (Lipinski definition) is 2. The first kappa shape index (κ1) is 12.0. The van der Waals surface area contributed by atoms with Gasteiger partial charge in [-0.3, -0.25) is 4.79 Å². The van der Waals surface area contributed by atoms with E-state index in [0.29, 0.717) is 11.6 Å². The maximum absolute atomic E-state index is 12.3. The van der Waals surface area contributed by atoms with E-state index in [1.54, 1.807) is 24.3 Å². The first-order valence-corrected chi connectivity index (χ1v) is 6.32. The standard InChI is InChI=1S/C14H19NO2/c1-2-12-5-3-4-10-15(12)14(17)11-6-8-13(16)9-7-11/h6-9,12,16H,2-5,10H2,1H3. The van der Waals surface area contributed by atoms with E-state index in [1.165, 1.54) is 6.42 Å².